The van der Waals surface area contributed by atoms with Gasteiger partial charge in [-0.05, 0) is 55.1 Å². The molecule has 1 N–H and O–H groups in total. The molecule has 5 nitrogen and oxygen atoms in total. The maximum absolute atomic E-state index is 13.5. The topological polar surface area (TPSA) is 54.5 Å². The van der Waals surface area contributed by atoms with Gasteiger partial charge in [0.05, 0.1) is 18.3 Å². The predicted octanol–water partition coefficient (Wildman–Crippen LogP) is 3.47. The third-order valence-corrected chi connectivity index (χ3v) is 5.26. The summed E-state index contributed by atoms with van der Waals surface area (Å²) >= 11 is 0. The van der Waals surface area contributed by atoms with E-state index in [1.807, 2.05) is 18.2 Å². The van der Waals surface area contributed by atoms with Crippen LogP contribution >= 0.6 is 0 Å². The second kappa shape index (κ2) is 10.4. The van der Waals surface area contributed by atoms with Gasteiger partial charge in [0, 0.05) is 32.8 Å². The molecule has 0 bridgehead atoms. The fourth-order valence-electron chi connectivity index (χ4n) is 3.84. The van der Waals surface area contributed by atoms with Crippen molar-refractivity contribution < 1.29 is 18.3 Å². The molecular formula is C22H27F2N3O2. The normalized spacial score (nSPS) is 18.4. The van der Waals surface area contributed by atoms with Crippen LogP contribution in [0.5, 0.6) is 0 Å². The Morgan fingerprint density at radius 3 is 2.90 bits per heavy atom. The molecule has 3 rings (SSSR count). The van der Waals surface area contributed by atoms with Crippen molar-refractivity contribution >= 4 is 5.91 Å². The van der Waals surface area contributed by atoms with E-state index in [0.29, 0.717) is 19.6 Å². The summed E-state index contributed by atoms with van der Waals surface area (Å²) in [6.45, 7) is 2.53. The minimum atomic E-state index is -0.834. The Balaban J connectivity index is 1.71. The van der Waals surface area contributed by atoms with Gasteiger partial charge in [-0.2, -0.15) is 0 Å². The van der Waals surface area contributed by atoms with Crippen LogP contribution in [-0.2, 0) is 16.1 Å². The van der Waals surface area contributed by atoms with Gasteiger partial charge in [0.15, 0.2) is 11.6 Å². The fraction of sp³-hybridized carbons (Fsp3) is 0.455. The van der Waals surface area contributed by atoms with Crippen molar-refractivity contribution in [1.29, 1.82) is 0 Å². The highest BCUT2D eigenvalue weighted by molar-refractivity contribution is 5.76. The van der Waals surface area contributed by atoms with E-state index in [0.717, 1.165) is 37.2 Å². The molecule has 1 aliphatic rings. The number of methoxy groups -OCH3 is 1. The number of carbonyl (C=O) groups excluding carboxylic acids is 1. The summed E-state index contributed by atoms with van der Waals surface area (Å²) < 4.78 is 31.7. The molecule has 29 heavy (non-hydrogen) atoms. The summed E-state index contributed by atoms with van der Waals surface area (Å²) in [7, 11) is 1.57. The number of rotatable bonds is 8. The molecule has 0 radical (unpaired) electrons. The SMILES string of the molecule is COCCC(=O)N[C@@H](c1ccccn1)[C@H]1CCCN(Cc2ccc(F)c(F)c2)C1. The number of hydrogen-bond acceptors (Lipinski definition) is 4. The third-order valence-electron chi connectivity index (χ3n) is 5.26. The average molecular weight is 403 g/mol. The zero-order valence-corrected chi connectivity index (χ0v) is 16.6. The van der Waals surface area contributed by atoms with Crippen LogP contribution in [0.4, 0.5) is 8.78 Å². The number of hydrogen-bond donors (Lipinski definition) is 1. The van der Waals surface area contributed by atoms with Crippen molar-refractivity contribution in [2.45, 2.75) is 31.8 Å². The standard InChI is InChI=1S/C22H27F2N3O2/c1-29-12-9-21(28)26-22(20-6-2-3-10-25-20)17-5-4-11-27(15-17)14-16-7-8-18(23)19(24)13-16/h2-3,6-8,10,13,17,22H,4-5,9,11-12,14-15H2,1H3,(H,26,28)/t17-,22+/m0/s1. The molecule has 1 aromatic carbocycles. The van der Waals surface area contributed by atoms with Crippen LogP contribution in [0.25, 0.3) is 0 Å². The van der Waals surface area contributed by atoms with Gasteiger partial charge in [0.25, 0.3) is 0 Å². The third kappa shape index (κ3) is 6.05. The molecule has 1 amide bonds. The Kier molecular flexibility index (Phi) is 7.66. The Morgan fingerprint density at radius 1 is 1.31 bits per heavy atom. The number of halogens is 2. The number of aromatic nitrogens is 1. The van der Waals surface area contributed by atoms with Crippen LogP contribution < -0.4 is 5.32 Å². The first-order chi connectivity index (χ1) is 14.1. The van der Waals surface area contributed by atoms with E-state index >= 15 is 0 Å². The molecule has 0 spiro atoms. The number of benzene rings is 1. The highest BCUT2D eigenvalue weighted by atomic mass is 19.2. The van der Waals surface area contributed by atoms with Crippen LogP contribution in [0.3, 0.4) is 0 Å². The van der Waals surface area contributed by atoms with E-state index in [2.05, 4.69) is 15.2 Å². The monoisotopic (exact) mass is 403 g/mol. The van der Waals surface area contributed by atoms with E-state index in [1.165, 1.54) is 12.1 Å². The molecule has 2 atom stereocenters. The van der Waals surface area contributed by atoms with E-state index in [4.69, 9.17) is 4.74 Å². The lowest BCUT2D eigenvalue weighted by Crippen LogP contribution is -2.43. The van der Waals surface area contributed by atoms with Crippen LogP contribution in [0.1, 0.15) is 36.6 Å². The molecule has 0 saturated carbocycles. The van der Waals surface area contributed by atoms with Crippen molar-refractivity contribution in [1.82, 2.24) is 15.2 Å². The van der Waals surface area contributed by atoms with Gasteiger partial charge in [-0.1, -0.05) is 12.1 Å². The summed E-state index contributed by atoms with van der Waals surface area (Å²) in [6.07, 6.45) is 3.95. The van der Waals surface area contributed by atoms with Gasteiger partial charge >= 0.3 is 0 Å². The summed E-state index contributed by atoms with van der Waals surface area (Å²) in [5, 5.41) is 3.12. The van der Waals surface area contributed by atoms with E-state index < -0.39 is 11.6 Å². The van der Waals surface area contributed by atoms with Crippen molar-refractivity contribution in [3.05, 3.63) is 65.5 Å². The van der Waals surface area contributed by atoms with Crippen LogP contribution in [0.15, 0.2) is 42.6 Å². The maximum atomic E-state index is 13.5. The van der Waals surface area contributed by atoms with Gasteiger partial charge in [-0.15, -0.1) is 0 Å². The molecule has 1 fully saturated rings. The lowest BCUT2D eigenvalue weighted by atomic mass is 9.88. The molecule has 156 valence electrons. The summed E-state index contributed by atoms with van der Waals surface area (Å²) in [5.41, 5.74) is 1.57. The smallest absolute Gasteiger partial charge is 0.222 e. The second-order valence-corrected chi connectivity index (χ2v) is 7.43. The van der Waals surface area contributed by atoms with Crippen LogP contribution in [-0.4, -0.2) is 42.6 Å². The van der Waals surface area contributed by atoms with Crippen LogP contribution in [0.2, 0.25) is 0 Å². The largest absolute Gasteiger partial charge is 0.384 e. The number of ether oxygens (including phenoxy) is 1. The molecule has 1 aromatic heterocycles. The first-order valence-electron chi connectivity index (χ1n) is 9.92. The average Bonchev–Trinajstić information content (AvgIpc) is 2.74. The number of likely N-dealkylation sites (tertiary alicyclic amines) is 1. The van der Waals surface area contributed by atoms with Crippen molar-refractivity contribution in [3.8, 4) is 0 Å². The fourth-order valence-corrected chi connectivity index (χ4v) is 3.84. The number of piperidine rings is 1. The van der Waals surface area contributed by atoms with Crippen molar-refractivity contribution in [2.75, 3.05) is 26.8 Å². The van der Waals surface area contributed by atoms with Gasteiger partial charge < -0.3 is 10.1 Å². The highest BCUT2D eigenvalue weighted by Gasteiger charge is 2.30. The number of carbonyl (C=O) groups is 1. The summed E-state index contributed by atoms with van der Waals surface area (Å²) in [5.74, 6) is -1.55. The van der Waals surface area contributed by atoms with E-state index in [9.17, 15) is 13.6 Å². The molecule has 0 unspecified atom stereocenters. The van der Waals surface area contributed by atoms with Crippen molar-refractivity contribution in [2.24, 2.45) is 5.92 Å². The van der Waals surface area contributed by atoms with Crippen LogP contribution in [0, 0.1) is 17.6 Å². The first-order valence-corrected chi connectivity index (χ1v) is 9.92. The van der Waals surface area contributed by atoms with Gasteiger partial charge in [-0.3, -0.25) is 14.7 Å². The Morgan fingerprint density at radius 2 is 2.17 bits per heavy atom. The Hall–Kier alpha value is -2.38. The van der Waals surface area contributed by atoms with E-state index in [-0.39, 0.29) is 17.9 Å². The predicted molar refractivity (Wildman–Crippen MR) is 106 cm³/mol. The lowest BCUT2D eigenvalue weighted by Gasteiger charge is -2.37. The minimum absolute atomic E-state index is 0.0692. The minimum Gasteiger partial charge on any atom is -0.384 e. The van der Waals surface area contributed by atoms with E-state index in [1.54, 1.807) is 19.4 Å². The highest BCUT2D eigenvalue weighted by Crippen LogP contribution is 2.30. The van der Waals surface area contributed by atoms with Crippen molar-refractivity contribution in [3.63, 3.8) is 0 Å². The molecule has 1 saturated heterocycles. The molecule has 1 aliphatic heterocycles. The Labute approximate surface area is 170 Å². The van der Waals surface area contributed by atoms with Gasteiger partial charge in [-0.25, -0.2) is 8.78 Å². The van der Waals surface area contributed by atoms with Gasteiger partial charge in [0.1, 0.15) is 0 Å². The Bertz CT molecular complexity index is 804. The number of nitrogens with one attached hydrogen (secondary N) is 1. The molecule has 0 aliphatic carbocycles. The number of nitrogens with zero attached hydrogens (tertiary/aromatic N) is 2. The quantitative estimate of drug-likeness (QED) is 0.733. The zero-order valence-electron chi connectivity index (χ0n) is 16.6. The summed E-state index contributed by atoms with van der Waals surface area (Å²) in [6, 6.07) is 9.52. The number of pyridine rings is 1. The molecule has 2 heterocycles. The molecular weight excluding hydrogens is 376 g/mol. The second-order valence-electron chi connectivity index (χ2n) is 7.43. The number of amides is 1. The molecule has 7 heteroatoms. The lowest BCUT2D eigenvalue weighted by molar-refractivity contribution is -0.123. The zero-order chi connectivity index (χ0) is 20.6. The first kappa shape index (κ1) is 21.3. The maximum Gasteiger partial charge on any atom is 0.222 e. The molecule has 2 aromatic rings. The summed E-state index contributed by atoms with van der Waals surface area (Å²) in [4.78, 5) is 19.0. The van der Waals surface area contributed by atoms with Gasteiger partial charge in [0.2, 0.25) is 5.91 Å².